The van der Waals surface area contributed by atoms with Crippen molar-refractivity contribution in [3.8, 4) is 0 Å². The number of hydrogen-bond donors (Lipinski definition) is 3. The van der Waals surface area contributed by atoms with Crippen LogP contribution in [-0.2, 0) is 14.4 Å². The Bertz CT molecular complexity index is 322. The van der Waals surface area contributed by atoms with Gasteiger partial charge in [0.15, 0.2) is 0 Å². The number of hydrogen-bond acceptors (Lipinski definition) is 5. The highest BCUT2D eigenvalue weighted by Crippen LogP contribution is 2.14. The molecule has 1 saturated heterocycles. The molecule has 0 bridgehead atoms. The molecule has 17 heavy (non-hydrogen) atoms. The fourth-order valence-electron chi connectivity index (χ4n) is 1.58. The normalized spacial score (nSPS) is 27.4. The topological polar surface area (TPSA) is 115 Å². The predicted octanol–water partition coefficient (Wildman–Crippen LogP) is -1.37. The molecule has 2 unspecified atom stereocenters. The first-order valence-corrected chi connectivity index (χ1v) is 6.59. The molecule has 0 aromatic rings. The van der Waals surface area contributed by atoms with E-state index in [4.69, 9.17) is 11.5 Å². The third kappa shape index (κ3) is 4.35. The zero-order valence-corrected chi connectivity index (χ0v) is 10.3. The number of thioether (sulfide) groups is 1. The van der Waals surface area contributed by atoms with E-state index in [1.165, 1.54) is 11.8 Å². The zero-order valence-electron chi connectivity index (χ0n) is 9.48. The third-order valence-corrected chi connectivity index (χ3v) is 3.74. The summed E-state index contributed by atoms with van der Waals surface area (Å²) in [6.07, 6.45) is 0.412. The van der Waals surface area contributed by atoms with Crippen molar-refractivity contribution in [2.75, 3.05) is 18.1 Å². The van der Waals surface area contributed by atoms with E-state index < -0.39 is 17.9 Å². The van der Waals surface area contributed by atoms with E-state index in [0.29, 0.717) is 12.2 Å². The quantitative estimate of drug-likeness (QED) is 0.529. The molecule has 1 aliphatic rings. The van der Waals surface area contributed by atoms with Crippen molar-refractivity contribution in [2.45, 2.75) is 18.9 Å². The maximum Gasteiger partial charge on any atom is 0.240 e. The minimum absolute atomic E-state index is 0.171. The van der Waals surface area contributed by atoms with Gasteiger partial charge in [0.1, 0.15) is 11.8 Å². The molecule has 1 aliphatic heterocycles. The molecule has 0 aromatic carbocycles. The van der Waals surface area contributed by atoms with Gasteiger partial charge in [-0.15, -0.1) is 0 Å². The summed E-state index contributed by atoms with van der Waals surface area (Å²) in [6.45, 7) is 0.256. The van der Waals surface area contributed by atoms with E-state index in [-0.39, 0.29) is 24.7 Å². The smallest absolute Gasteiger partial charge is 0.240 e. The van der Waals surface area contributed by atoms with Crippen molar-refractivity contribution < 1.29 is 14.4 Å². The molecule has 1 heterocycles. The standard InChI is InChI=1S/C10H17N3O3S/c11-4-6-1-2-17-5-7(10(12)16)13-9(15)3-8(6)14/h6-7H,1-5,11H2,(H2,12,16)(H,13,15). The molecule has 96 valence electrons. The van der Waals surface area contributed by atoms with Crippen LogP contribution in [0.1, 0.15) is 12.8 Å². The van der Waals surface area contributed by atoms with Gasteiger partial charge in [0, 0.05) is 18.2 Å². The summed E-state index contributed by atoms with van der Waals surface area (Å²) < 4.78 is 0. The lowest BCUT2D eigenvalue weighted by atomic mass is 9.98. The molecular weight excluding hydrogens is 242 g/mol. The van der Waals surface area contributed by atoms with Gasteiger partial charge in [-0.25, -0.2) is 0 Å². The van der Waals surface area contributed by atoms with Gasteiger partial charge in [0.25, 0.3) is 0 Å². The SMILES string of the molecule is NCC1CCSCC(C(N)=O)NC(=O)CC1=O. The van der Waals surface area contributed by atoms with Gasteiger partial charge in [-0.1, -0.05) is 0 Å². The highest BCUT2D eigenvalue weighted by Gasteiger charge is 2.25. The lowest BCUT2D eigenvalue weighted by Gasteiger charge is -2.19. The summed E-state index contributed by atoms with van der Waals surface area (Å²) >= 11 is 1.49. The maximum absolute atomic E-state index is 11.7. The summed E-state index contributed by atoms with van der Waals surface area (Å²) in [7, 11) is 0. The van der Waals surface area contributed by atoms with Crippen LogP contribution in [0, 0.1) is 5.92 Å². The second-order valence-electron chi connectivity index (χ2n) is 3.96. The third-order valence-electron chi connectivity index (χ3n) is 2.65. The molecule has 0 aromatic heterocycles. The number of amides is 2. The average molecular weight is 259 g/mol. The number of carbonyl (C=O) groups is 3. The number of ketones is 1. The number of primary amides is 1. The lowest BCUT2D eigenvalue weighted by Crippen LogP contribution is -2.47. The molecule has 1 rings (SSSR count). The van der Waals surface area contributed by atoms with Gasteiger partial charge < -0.3 is 16.8 Å². The second-order valence-corrected chi connectivity index (χ2v) is 5.11. The Balaban J connectivity index is 2.67. The van der Waals surface area contributed by atoms with Crippen LogP contribution in [0.25, 0.3) is 0 Å². The Hall–Kier alpha value is -1.08. The molecule has 0 aliphatic carbocycles. The molecule has 6 nitrogen and oxygen atoms in total. The van der Waals surface area contributed by atoms with Gasteiger partial charge >= 0.3 is 0 Å². The Labute approximate surface area is 104 Å². The minimum Gasteiger partial charge on any atom is -0.368 e. The summed E-state index contributed by atoms with van der Waals surface area (Å²) in [5.74, 6) is -0.303. The summed E-state index contributed by atoms with van der Waals surface area (Å²) in [5.41, 5.74) is 10.6. The number of nitrogens with one attached hydrogen (secondary N) is 1. The van der Waals surface area contributed by atoms with Gasteiger partial charge in [-0.2, -0.15) is 11.8 Å². The molecule has 7 heteroatoms. The fourth-order valence-corrected chi connectivity index (χ4v) is 2.68. The van der Waals surface area contributed by atoms with E-state index >= 15 is 0 Å². The molecular formula is C10H17N3O3S. The first-order valence-electron chi connectivity index (χ1n) is 5.43. The molecule has 2 amide bonds. The average Bonchev–Trinajstić information content (AvgIpc) is 2.26. The van der Waals surface area contributed by atoms with Crippen LogP contribution in [0.3, 0.4) is 0 Å². The van der Waals surface area contributed by atoms with Crippen LogP contribution < -0.4 is 16.8 Å². The lowest BCUT2D eigenvalue weighted by molar-refractivity contribution is -0.132. The molecule has 0 radical (unpaired) electrons. The minimum atomic E-state index is -0.699. The van der Waals surface area contributed by atoms with Crippen molar-refractivity contribution in [1.29, 1.82) is 0 Å². The zero-order chi connectivity index (χ0) is 12.8. The summed E-state index contributed by atoms with van der Waals surface area (Å²) in [6, 6.07) is -0.699. The van der Waals surface area contributed by atoms with Gasteiger partial charge in [0.2, 0.25) is 11.8 Å². The van der Waals surface area contributed by atoms with E-state index in [9.17, 15) is 14.4 Å². The van der Waals surface area contributed by atoms with Crippen LogP contribution in [0.15, 0.2) is 0 Å². The Kier molecular flexibility index (Phi) is 5.43. The van der Waals surface area contributed by atoms with Crippen LogP contribution in [0.5, 0.6) is 0 Å². The van der Waals surface area contributed by atoms with Gasteiger partial charge in [0.05, 0.1) is 6.42 Å². The first-order chi connectivity index (χ1) is 8.04. The van der Waals surface area contributed by atoms with E-state index in [1.54, 1.807) is 0 Å². The highest BCUT2D eigenvalue weighted by molar-refractivity contribution is 7.99. The fraction of sp³-hybridized carbons (Fsp3) is 0.700. The van der Waals surface area contributed by atoms with Crippen molar-refractivity contribution in [2.24, 2.45) is 17.4 Å². The Morgan fingerprint density at radius 2 is 2.18 bits per heavy atom. The van der Waals surface area contributed by atoms with Crippen molar-refractivity contribution in [3.05, 3.63) is 0 Å². The van der Waals surface area contributed by atoms with Crippen LogP contribution in [0.4, 0.5) is 0 Å². The predicted molar refractivity (Wildman–Crippen MR) is 65.2 cm³/mol. The number of Topliss-reactive ketones (excluding diaryl/α,β-unsaturated/α-hetero) is 1. The molecule has 0 saturated carbocycles. The summed E-state index contributed by atoms with van der Waals surface area (Å²) in [4.78, 5) is 34.2. The van der Waals surface area contributed by atoms with Crippen LogP contribution >= 0.6 is 11.8 Å². The summed E-state index contributed by atoms with van der Waals surface area (Å²) in [5, 5.41) is 2.47. The van der Waals surface area contributed by atoms with Crippen molar-refractivity contribution in [3.63, 3.8) is 0 Å². The molecule has 5 N–H and O–H groups in total. The largest absolute Gasteiger partial charge is 0.368 e. The number of rotatable bonds is 2. The van der Waals surface area contributed by atoms with Crippen molar-refractivity contribution in [1.82, 2.24) is 5.32 Å². The van der Waals surface area contributed by atoms with Gasteiger partial charge in [-0.3, -0.25) is 14.4 Å². The van der Waals surface area contributed by atoms with Crippen molar-refractivity contribution >= 4 is 29.4 Å². The van der Waals surface area contributed by atoms with E-state index in [2.05, 4.69) is 5.32 Å². The first kappa shape index (κ1) is 14.0. The second kappa shape index (κ2) is 6.61. The molecule has 1 fully saturated rings. The van der Waals surface area contributed by atoms with E-state index in [0.717, 1.165) is 5.75 Å². The van der Waals surface area contributed by atoms with Crippen LogP contribution in [-0.4, -0.2) is 41.7 Å². The molecule has 0 spiro atoms. The monoisotopic (exact) mass is 259 g/mol. The Morgan fingerprint density at radius 3 is 2.76 bits per heavy atom. The Morgan fingerprint density at radius 1 is 1.47 bits per heavy atom. The van der Waals surface area contributed by atoms with Gasteiger partial charge in [-0.05, 0) is 12.2 Å². The highest BCUT2D eigenvalue weighted by atomic mass is 32.2. The van der Waals surface area contributed by atoms with Crippen LogP contribution in [0.2, 0.25) is 0 Å². The van der Waals surface area contributed by atoms with E-state index in [1.807, 2.05) is 0 Å². The number of nitrogens with two attached hydrogens (primary N) is 2. The maximum atomic E-state index is 11.7. The number of carbonyl (C=O) groups excluding carboxylic acids is 3. The molecule has 2 atom stereocenters.